The van der Waals surface area contributed by atoms with Gasteiger partial charge in [-0.25, -0.2) is 9.37 Å². The second-order valence-electron chi connectivity index (χ2n) is 7.17. The molecular weight excluding hydrogens is 337 g/mol. The van der Waals surface area contributed by atoms with E-state index in [0.29, 0.717) is 32.5 Å². The lowest BCUT2D eigenvalue weighted by molar-refractivity contribution is -0.131. The van der Waals surface area contributed by atoms with Crippen LogP contribution < -0.4 is 0 Å². The molecule has 4 rings (SSSR count). The third-order valence-corrected chi connectivity index (χ3v) is 5.44. The molecule has 6 nitrogen and oxygen atoms in total. The van der Waals surface area contributed by atoms with Gasteiger partial charge >= 0.3 is 0 Å². The number of rotatable bonds is 4. The van der Waals surface area contributed by atoms with Gasteiger partial charge in [0.25, 0.3) is 0 Å². The van der Waals surface area contributed by atoms with Gasteiger partial charge in [-0.3, -0.25) is 4.79 Å². The maximum Gasteiger partial charge on any atom is 0.224 e. The fourth-order valence-electron chi connectivity index (χ4n) is 3.98. The number of amides is 1. The number of carbonyl (C=O) groups excluding carboxylic acids is 1. The average Bonchev–Trinajstić information content (AvgIpc) is 3.35. The Morgan fingerprint density at radius 1 is 1.46 bits per heavy atom. The van der Waals surface area contributed by atoms with Crippen molar-refractivity contribution in [3.05, 3.63) is 54.4 Å². The van der Waals surface area contributed by atoms with Crippen molar-refractivity contribution in [1.82, 2.24) is 14.5 Å². The van der Waals surface area contributed by atoms with Crippen molar-refractivity contribution >= 4 is 5.91 Å². The van der Waals surface area contributed by atoms with E-state index >= 15 is 0 Å². The summed E-state index contributed by atoms with van der Waals surface area (Å²) in [5, 5.41) is 10.6. The highest BCUT2D eigenvalue weighted by Gasteiger charge is 2.53. The average molecular weight is 359 g/mol. The van der Waals surface area contributed by atoms with E-state index in [1.165, 1.54) is 12.1 Å². The Morgan fingerprint density at radius 2 is 2.35 bits per heavy atom. The molecule has 1 aromatic heterocycles. The van der Waals surface area contributed by atoms with Crippen LogP contribution in [0, 0.1) is 5.82 Å². The van der Waals surface area contributed by atoms with Crippen LogP contribution in [0.4, 0.5) is 4.39 Å². The van der Waals surface area contributed by atoms with Gasteiger partial charge in [0.15, 0.2) is 0 Å². The molecule has 2 aromatic rings. The summed E-state index contributed by atoms with van der Waals surface area (Å²) in [4.78, 5) is 18.1. The van der Waals surface area contributed by atoms with Crippen LogP contribution in [0.25, 0.3) is 0 Å². The molecule has 0 radical (unpaired) electrons. The topological polar surface area (TPSA) is 67.6 Å². The molecular formula is C19H22FN3O3. The molecule has 138 valence electrons. The van der Waals surface area contributed by atoms with Crippen molar-refractivity contribution in [3.8, 4) is 0 Å². The van der Waals surface area contributed by atoms with Crippen LogP contribution >= 0.6 is 0 Å². The highest BCUT2D eigenvalue weighted by atomic mass is 19.1. The molecule has 0 bridgehead atoms. The molecule has 0 aliphatic carbocycles. The van der Waals surface area contributed by atoms with E-state index in [0.717, 1.165) is 5.56 Å². The Hall–Kier alpha value is -2.25. The van der Waals surface area contributed by atoms with E-state index < -0.39 is 11.7 Å². The fourth-order valence-corrected chi connectivity index (χ4v) is 3.98. The Bertz CT molecular complexity index is 782. The first-order valence-electron chi connectivity index (χ1n) is 8.87. The third-order valence-electron chi connectivity index (χ3n) is 5.44. The zero-order chi connectivity index (χ0) is 18.1. The van der Waals surface area contributed by atoms with Crippen LogP contribution in [0.3, 0.4) is 0 Å². The summed E-state index contributed by atoms with van der Waals surface area (Å²) in [7, 11) is 0. The number of aliphatic hydroxyl groups is 1. The van der Waals surface area contributed by atoms with Crippen LogP contribution in [0.15, 0.2) is 43.0 Å². The zero-order valence-electron chi connectivity index (χ0n) is 14.4. The minimum Gasteiger partial charge on any atom is -0.388 e. The Kier molecular flexibility index (Phi) is 4.50. The van der Waals surface area contributed by atoms with Gasteiger partial charge in [-0.1, -0.05) is 12.1 Å². The van der Waals surface area contributed by atoms with Crippen LogP contribution in [0.2, 0.25) is 0 Å². The first-order chi connectivity index (χ1) is 12.6. The fraction of sp³-hybridized carbons (Fsp3) is 0.474. The standard InChI is InChI=1S/C19H22FN3O3/c20-16-3-1-2-14(8-16)15-9-19(26-11-15)12-23(10-17(19)24)18(25)4-6-22-7-5-21-13-22/h1-3,5,7-8,13,15,17,24H,4,6,9-12H2/t15-,17+,19+/m0/s1. The lowest BCUT2D eigenvalue weighted by Gasteiger charge is -2.26. The number of aryl methyl sites for hydroxylation is 1. The van der Waals surface area contributed by atoms with Gasteiger partial charge in [-0.2, -0.15) is 0 Å². The highest BCUT2D eigenvalue weighted by molar-refractivity contribution is 5.76. The molecule has 1 N–H and O–H groups in total. The zero-order valence-corrected chi connectivity index (χ0v) is 14.4. The normalized spacial score (nSPS) is 28.2. The molecule has 7 heteroatoms. The first kappa shape index (κ1) is 17.2. The van der Waals surface area contributed by atoms with Crippen molar-refractivity contribution < 1.29 is 19.0 Å². The minimum absolute atomic E-state index is 0.00701. The second kappa shape index (κ2) is 6.81. The predicted molar refractivity (Wildman–Crippen MR) is 91.9 cm³/mol. The molecule has 1 amide bonds. The number of nitrogens with zero attached hydrogens (tertiary/aromatic N) is 3. The molecule has 0 unspecified atom stereocenters. The van der Waals surface area contributed by atoms with E-state index in [4.69, 9.17) is 4.74 Å². The van der Waals surface area contributed by atoms with Gasteiger partial charge in [0.1, 0.15) is 17.5 Å². The maximum absolute atomic E-state index is 13.5. The monoisotopic (exact) mass is 359 g/mol. The molecule has 0 saturated carbocycles. The van der Waals surface area contributed by atoms with Crippen molar-refractivity contribution in [1.29, 1.82) is 0 Å². The number of ether oxygens (including phenoxy) is 1. The number of benzene rings is 1. The van der Waals surface area contributed by atoms with E-state index in [2.05, 4.69) is 4.98 Å². The van der Waals surface area contributed by atoms with Crippen LogP contribution in [0.5, 0.6) is 0 Å². The van der Waals surface area contributed by atoms with Crippen LogP contribution in [-0.4, -0.2) is 56.9 Å². The van der Waals surface area contributed by atoms with E-state index in [-0.39, 0.29) is 24.2 Å². The number of likely N-dealkylation sites (tertiary alicyclic amines) is 1. The van der Waals surface area contributed by atoms with Crippen LogP contribution in [0.1, 0.15) is 24.3 Å². The van der Waals surface area contributed by atoms with Gasteiger partial charge in [0.2, 0.25) is 5.91 Å². The summed E-state index contributed by atoms with van der Waals surface area (Å²) in [6, 6.07) is 6.50. The third kappa shape index (κ3) is 3.24. The Balaban J connectivity index is 1.39. The smallest absolute Gasteiger partial charge is 0.224 e. The minimum atomic E-state index is -0.748. The SMILES string of the molecule is O=C(CCn1ccnc1)N1C[C@@H](O)[C@@]2(C[C@H](c3cccc(F)c3)CO2)C1. The number of aromatic nitrogens is 2. The number of imidazole rings is 1. The lowest BCUT2D eigenvalue weighted by Crippen LogP contribution is -2.41. The number of carbonyl (C=O) groups is 1. The summed E-state index contributed by atoms with van der Waals surface area (Å²) in [5.74, 6) is -0.250. The number of aliphatic hydroxyl groups excluding tert-OH is 1. The summed E-state index contributed by atoms with van der Waals surface area (Å²) in [6.07, 6.45) is 5.39. The molecule has 3 heterocycles. The predicted octanol–water partition coefficient (Wildman–Crippen LogP) is 1.56. The summed E-state index contributed by atoms with van der Waals surface area (Å²) in [6.45, 7) is 1.64. The van der Waals surface area contributed by atoms with Gasteiger partial charge in [-0.15, -0.1) is 0 Å². The number of hydrogen-bond donors (Lipinski definition) is 1. The molecule has 26 heavy (non-hydrogen) atoms. The largest absolute Gasteiger partial charge is 0.388 e. The molecule has 1 spiro atoms. The van der Waals surface area contributed by atoms with Crippen molar-refractivity contribution in [3.63, 3.8) is 0 Å². The molecule has 2 fully saturated rings. The maximum atomic E-state index is 13.5. The molecule has 2 aliphatic heterocycles. The Morgan fingerprint density at radius 3 is 3.12 bits per heavy atom. The van der Waals surface area contributed by atoms with E-state index in [1.54, 1.807) is 23.5 Å². The quantitative estimate of drug-likeness (QED) is 0.900. The van der Waals surface area contributed by atoms with Gasteiger partial charge in [0, 0.05) is 37.8 Å². The number of β-amino-alcohol motifs (C(OH)–C–C–N with tert-alkyl or cyclic N) is 1. The van der Waals surface area contributed by atoms with E-state index in [1.807, 2.05) is 16.8 Å². The molecule has 2 saturated heterocycles. The highest BCUT2D eigenvalue weighted by Crippen LogP contribution is 2.42. The van der Waals surface area contributed by atoms with Crippen molar-refractivity contribution in [2.24, 2.45) is 0 Å². The van der Waals surface area contributed by atoms with Crippen LogP contribution in [-0.2, 0) is 16.1 Å². The summed E-state index contributed by atoms with van der Waals surface area (Å²) >= 11 is 0. The Labute approximate surface area is 151 Å². The van der Waals surface area contributed by atoms with Gasteiger partial charge in [0.05, 0.1) is 19.5 Å². The van der Waals surface area contributed by atoms with Gasteiger partial charge in [-0.05, 0) is 24.1 Å². The lowest BCUT2D eigenvalue weighted by atomic mass is 9.87. The number of hydrogen-bond acceptors (Lipinski definition) is 4. The molecule has 2 aliphatic rings. The summed E-state index contributed by atoms with van der Waals surface area (Å²) < 4.78 is 21.3. The number of halogens is 1. The molecule has 1 aromatic carbocycles. The summed E-state index contributed by atoms with van der Waals surface area (Å²) in [5.41, 5.74) is 0.126. The van der Waals surface area contributed by atoms with Gasteiger partial charge < -0.3 is 19.3 Å². The van der Waals surface area contributed by atoms with E-state index in [9.17, 15) is 14.3 Å². The second-order valence-corrected chi connectivity index (χ2v) is 7.17. The van der Waals surface area contributed by atoms with Crippen molar-refractivity contribution in [2.75, 3.05) is 19.7 Å². The molecule has 3 atom stereocenters. The first-order valence-corrected chi connectivity index (χ1v) is 8.87. The van der Waals surface area contributed by atoms with Crippen molar-refractivity contribution in [2.45, 2.75) is 37.0 Å².